The number of carbonyl (C=O) groups excluding carboxylic acids is 3. The Morgan fingerprint density at radius 1 is 0.583 bits per heavy atom. The van der Waals surface area contributed by atoms with Crippen LogP contribution in [0.1, 0.15) is 181 Å². The minimum atomic E-state index is -4.77. The van der Waals surface area contributed by atoms with Crippen LogP contribution in [0, 0.1) is 0 Å². The van der Waals surface area contributed by atoms with E-state index < -0.39 is 32.5 Å². The average molecular weight is 701 g/mol. The van der Waals surface area contributed by atoms with Crippen LogP contribution < -0.4 is 0 Å². The lowest BCUT2D eigenvalue weighted by atomic mass is 10.0. The highest BCUT2D eigenvalue weighted by Crippen LogP contribution is 2.36. The molecule has 0 saturated carbocycles. The Balaban J connectivity index is 4.02. The first-order valence-corrected chi connectivity index (χ1v) is 20.6. The second-order valence-electron chi connectivity index (χ2n) is 12.9. The fourth-order valence-corrected chi connectivity index (χ4v) is 5.66. The highest BCUT2D eigenvalue weighted by Gasteiger charge is 2.22. The van der Waals surface area contributed by atoms with E-state index in [1.165, 1.54) is 70.6 Å². The van der Waals surface area contributed by atoms with Gasteiger partial charge >= 0.3 is 19.8 Å². The van der Waals surface area contributed by atoms with Gasteiger partial charge in [0.15, 0.2) is 11.9 Å². The van der Waals surface area contributed by atoms with Gasteiger partial charge in [0.25, 0.3) is 0 Å². The Morgan fingerprint density at radius 2 is 1.04 bits per heavy atom. The molecule has 0 fully saturated rings. The van der Waals surface area contributed by atoms with E-state index in [0.717, 1.165) is 64.2 Å². The first-order chi connectivity index (χ1) is 23.2. The summed E-state index contributed by atoms with van der Waals surface area (Å²) in [7, 11) is -4.77. The highest BCUT2D eigenvalue weighted by molar-refractivity contribution is 7.46. The molecular weight excluding hydrogens is 631 g/mol. The molecule has 0 aromatic rings. The number of hydrogen-bond acceptors (Lipinski definition) is 7. The predicted molar refractivity (Wildman–Crippen MR) is 194 cm³/mol. The molecule has 2 N–H and O–H groups in total. The predicted octanol–water partition coefficient (Wildman–Crippen LogP) is 10.4. The molecule has 0 rings (SSSR count). The lowest BCUT2D eigenvalue weighted by molar-refractivity contribution is -0.161. The van der Waals surface area contributed by atoms with Crippen LogP contribution in [0.15, 0.2) is 24.3 Å². The molecule has 0 aliphatic rings. The second-order valence-corrected chi connectivity index (χ2v) is 14.2. The largest absolute Gasteiger partial charge is 0.469 e. The number of ether oxygens (including phenoxy) is 2. The van der Waals surface area contributed by atoms with Crippen LogP contribution in [0.4, 0.5) is 0 Å². The lowest BCUT2D eigenvalue weighted by Crippen LogP contribution is -2.29. The Bertz CT molecular complexity index is 897. The van der Waals surface area contributed by atoms with Crippen LogP contribution in [-0.4, -0.2) is 46.8 Å². The van der Waals surface area contributed by atoms with E-state index >= 15 is 0 Å². The normalized spacial score (nSPS) is 12.6. The van der Waals surface area contributed by atoms with Gasteiger partial charge in [0.2, 0.25) is 0 Å². The van der Waals surface area contributed by atoms with E-state index in [-0.39, 0.29) is 25.2 Å². The lowest BCUT2D eigenvalue weighted by Gasteiger charge is -2.18. The molecule has 0 aliphatic carbocycles. The molecule has 280 valence electrons. The van der Waals surface area contributed by atoms with Gasteiger partial charge in [0, 0.05) is 19.3 Å². The Hall–Kier alpha value is -1.80. The summed E-state index contributed by atoms with van der Waals surface area (Å²) in [5.41, 5.74) is 0. The smallest absolute Gasteiger partial charge is 0.462 e. The van der Waals surface area contributed by atoms with Crippen molar-refractivity contribution in [2.24, 2.45) is 0 Å². The maximum atomic E-state index is 12.3. The number of hydrogen-bond donors (Lipinski definition) is 2. The van der Waals surface area contributed by atoms with Crippen molar-refractivity contribution in [3.05, 3.63) is 24.3 Å². The zero-order valence-electron chi connectivity index (χ0n) is 30.4. The summed E-state index contributed by atoms with van der Waals surface area (Å²) in [5, 5.41) is 0. The Labute approximate surface area is 292 Å². The molecule has 0 radical (unpaired) electrons. The third kappa shape index (κ3) is 35.5. The maximum absolute atomic E-state index is 12.3. The molecule has 0 saturated heterocycles. The molecule has 0 spiro atoms. The molecule has 9 nitrogen and oxygen atoms in total. The molecule has 0 aromatic carbocycles. The number of esters is 2. The van der Waals surface area contributed by atoms with Crippen LogP contribution in [0.25, 0.3) is 0 Å². The van der Waals surface area contributed by atoms with E-state index in [2.05, 4.69) is 24.4 Å². The summed E-state index contributed by atoms with van der Waals surface area (Å²) in [6, 6.07) is 0. The van der Waals surface area contributed by atoms with Gasteiger partial charge in [-0.3, -0.25) is 18.9 Å². The van der Waals surface area contributed by atoms with Crippen LogP contribution in [0.2, 0.25) is 0 Å². The molecule has 0 heterocycles. The van der Waals surface area contributed by atoms with Crippen LogP contribution in [0.5, 0.6) is 0 Å². The fourth-order valence-electron chi connectivity index (χ4n) is 5.30. The number of unbranched alkanes of at least 4 members (excludes halogenated alkanes) is 20. The zero-order chi connectivity index (χ0) is 35.6. The molecule has 0 unspecified atom stereocenters. The SMILES string of the molecule is CCCCCCCCCCCCCCCCC(=O)OC[C@H](COP(=O)(O)O)OC(=O)CCCCCCC/C=C\C=C\C(=O)CCCCC. The van der Waals surface area contributed by atoms with Gasteiger partial charge in [-0.2, -0.15) is 0 Å². The molecule has 0 amide bonds. The standard InChI is InChI=1S/C38H69O9P/c1-3-5-7-8-9-10-11-12-13-14-17-20-23-27-31-37(40)45-33-36(34-46-48(42,43)44)47-38(41)32-28-24-21-18-15-16-19-22-26-30-35(39)29-25-6-4-2/h19,22,26,30,36H,3-18,20-21,23-25,27-29,31-34H2,1-2H3,(H2,42,43,44)/b22-19-,30-26+/t36-/m1/s1. The van der Waals surface area contributed by atoms with E-state index in [9.17, 15) is 18.9 Å². The van der Waals surface area contributed by atoms with Gasteiger partial charge < -0.3 is 19.3 Å². The Morgan fingerprint density at radius 3 is 1.58 bits per heavy atom. The van der Waals surface area contributed by atoms with E-state index in [0.29, 0.717) is 19.3 Å². The summed E-state index contributed by atoms with van der Waals surface area (Å²) in [5.74, 6) is -0.770. The molecule has 10 heteroatoms. The minimum Gasteiger partial charge on any atom is -0.462 e. The van der Waals surface area contributed by atoms with Crippen molar-refractivity contribution >= 4 is 25.5 Å². The molecule has 48 heavy (non-hydrogen) atoms. The summed E-state index contributed by atoms with van der Waals surface area (Å²) in [4.78, 5) is 54.4. The van der Waals surface area contributed by atoms with Crippen molar-refractivity contribution in [2.45, 2.75) is 187 Å². The summed E-state index contributed by atoms with van der Waals surface area (Å²) in [6.45, 7) is 3.50. The third-order valence-electron chi connectivity index (χ3n) is 8.20. The van der Waals surface area contributed by atoms with E-state index in [4.69, 9.17) is 19.3 Å². The van der Waals surface area contributed by atoms with Crippen molar-refractivity contribution in [1.29, 1.82) is 0 Å². The summed E-state index contributed by atoms with van der Waals surface area (Å²) < 4.78 is 26.3. The Kier molecular flexibility index (Phi) is 32.4. The summed E-state index contributed by atoms with van der Waals surface area (Å²) >= 11 is 0. The first kappa shape index (κ1) is 46.2. The average Bonchev–Trinajstić information content (AvgIpc) is 3.04. The zero-order valence-corrected chi connectivity index (χ0v) is 31.3. The number of phosphoric acid groups is 1. The van der Waals surface area contributed by atoms with Gasteiger partial charge in [0.1, 0.15) is 6.61 Å². The quantitative estimate of drug-likeness (QED) is 0.0217. The molecule has 0 aromatic heterocycles. The molecule has 0 aliphatic heterocycles. The number of ketones is 1. The van der Waals surface area contributed by atoms with Crippen LogP contribution in [0.3, 0.4) is 0 Å². The van der Waals surface area contributed by atoms with Crippen molar-refractivity contribution in [3.8, 4) is 0 Å². The van der Waals surface area contributed by atoms with Gasteiger partial charge in [-0.15, -0.1) is 0 Å². The first-order valence-electron chi connectivity index (χ1n) is 19.1. The number of rotatable bonds is 35. The molecule has 1 atom stereocenters. The van der Waals surface area contributed by atoms with Crippen molar-refractivity contribution < 1.29 is 42.7 Å². The maximum Gasteiger partial charge on any atom is 0.469 e. The number of phosphoric ester groups is 1. The van der Waals surface area contributed by atoms with Crippen LogP contribution >= 0.6 is 7.82 Å². The van der Waals surface area contributed by atoms with Gasteiger partial charge in [-0.25, -0.2) is 4.57 Å². The van der Waals surface area contributed by atoms with Crippen molar-refractivity contribution in [2.75, 3.05) is 13.2 Å². The minimum absolute atomic E-state index is 0.163. The number of carbonyl (C=O) groups is 3. The van der Waals surface area contributed by atoms with E-state index in [1.54, 1.807) is 12.2 Å². The second kappa shape index (κ2) is 33.7. The third-order valence-corrected chi connectivity index (χ3v) is 8.68. The topological polar surface area (TPSA) is 136 Å². The van der Waals surface area contributed by atoms with E-state index in [1.807, 2.05) is 6.08 Å². The number of allylic oxidation sites excluding steroid dienone is 4. The molecule has 0 bridgehead atoms. The molecular formula is C38H69O9P. The summed E-state index contributed by atoms with van der Waals surface area (Å²) in [6.07, 6.45) is 33.1. The van der Waals surface area contributed by atoms with Gasteiger partial charge in [-0.1, -0.05) is 148 Å². The van der Waals surface area contributed by atoms with Gasteiger partial charge in [0.05, 0.1) is 6.61 Å². The highest BCUT2D eigenvalue weighted by atomic mass is 31.2. The van der Waals surface area contributed by atoms with Gasteiger partial charge in [-0.05, 0) is 38.2 Å². The van der Waals surface area contributed by atoms with Crippen LogP contribution in [-0.2, 0) is 32.9 Å². The van der Waals surface area contributed by atoms with Crippen molar-refractivity contribution in [3.63, 3.8) is 0 Å². The fraction of sp³-hybridized carbons (Fsp3) is 0.816. The van der Waals surface area contributed by atoms with Crippen molar-refractivity contribution in [1.82, 2.24) is 0 Å². The monoisotopic (exact) mass is 700 g/mol.